The third kappa shape index (κ3) is 4.42. The molecular formula is C19H23N3O3. The number of hydrogen-bond donors (Lipinski definition) is 2. The van der Waals surface area contributed by atoms with Crippen LogP contribution in [0.2, 0.25) is 0 Å². The Kier molecular flexibility index (Phi) is 5.74. The summed E-state index contributed by atoms with van der Waals surface area (Å²) in [5.74, 6) is 0.859. The van der Waals surface area contributed by atoms with Crippen molar-refractivity contribution in [2.75, 3.05) is 43.6 Å². The molecule has 1 aliphatic heterocycles. The highest BCUT2D eigenvalue weighted by atomic mass is 16.5. The van der Waals surface area contributed by atoms with Crippen LogP contribution in [0.3, 0.4) is 0 Å². The minimum atomic E-state index is -0.0390. The second kappa shape index (κ2) is 8.39. The van der Waals surface area contributed by atoms with Gasteiger partial charge < -0.3 is 20.1 Å². The average Bonchev–Trinajstić information content (AvgIpc) is 3.07. The molecular weight excluding hydrogens is 318 g/mol. The average molecular weight is 341 g/mol. The summed E-state index contributed by atoms with van der Waals surface area (Å²) in [4.78, 5) is 13.4. The summed E-state index contributed by atoms with van der Waals surface area (Å²) in [7, 11) is 1.66. The van der Waals surface area contributed by atoms with E-state index in [1.165, 1.54) is 0 Å². The van der Waals surface area contributed by atoms with Gasteiger partial charge in [0.05, 0.1) is 6.61 Å². The lowest BCUT2D eigenvalue weighted by Crippen LogP contribution is -2.27. The van der Waals surface area contributed by atoms with E-state index in [4.69, 9.17) is 9.47 Å². The van der Waals surface area contributed by atoms with Gasteiger partial charge in [-0.25, -0.2) is 4.79 Å². The summed E-state index contributed by atoms with van der Waals surface area (Å²) in [5.41, 5.74) is 2.99. The highest BCUT2D eigenvalue weighted by Gasteiger charge is 2.20. The van der Waals surface area contributed by atoms with Gasteiger partial charge in [-0.15, -0.1) is 0 Å². The van der Waals surface area contributed by atoms with Crippen molar-refractivity contribution >= 4 is 17.4 Å². The van der Waals surface area contributed by atoms with E-state index in [1.807, 2.05) is 48.5 Å². The molecule has 2 aromatic rings. The number of para-hydroxylation sites is 1. The zero-order valence-corrected chi connectivity index (χ0v) is 14.3. The maximum Gasteiger partial charge on any atom is 0.321 e. The molecule has 3 rings (SSSR count). The topological polar surface area (TPSA) is 62.8 Å². The van der Waals surface area contributed by atoms with Crippen LogP contribution in [0, 0.1) is 0 Å². The molecule has 132 valence electrons. The smallest absolute Gasteiger partial charge is 0.321 e. The lowest BCUT2D eigenvalue weighted by atomic mass is 10.2. The van der Waals surface area contributed by atoms with Crippen molar-refractivity contribution in [1.82, 2.24) is 5.32 Å². The lowest BCUT2D eigenvalue weighted by Gasteiger charge is -2.15. The van der Waals surface area contributed by atoms with Gasteiger partial charge in [-0.1, -0.05) is 18.2 Å². The van der Waals surface area contributed by atoms with Crippen LogP contribution in [-0.2, 0) is 11.3 Å². The number of nitrogens with one attached hydrogen (secondary N) is 2. The molecule has 0 aliphatic carbocycles. The second-order valence-corrected chi connectivity index (χ2v) is 5.73. The Balaban J connectivity index is 1.59. The maximum absolute atomic E-state index is 11.7. The van der Waals surface area contributed by atoms with E-state index in [0.717, 1.165) is 22.7 Å². The molecule has 0 aromatic heterocycles. The summed E-state index contributed by atoms with van der Waals surface area (Å²) < 4.78 is 10.8. The first-order valence-electron chi connectivity index (χ1n) is 8.37. The van der Waals surface area contributed by atoms with E-state index in [-0.39, 0.29) is 6.03 Å². The first kappa shape index (κ1) is 17.1. The summed E-state index contributed by atoms with van der Waals surface area (Å²) in [6.45, 7) is 3.15. The molecule has 0 bridgehead atoms. The third-order valence-electron chi connectivity index (χ3n) is 4.04. The summed E-state index contributed by atoms with van der Waals surface area (Å²) in [6.07, 6.45) is 0. The molecule has 2 N–H and O–H groups in total. The number of benzene rings is 2. The van der Waals surface area contributed by atoms with Crippen molar-refractivity contribution in [3.63, 3.8) is 0 Å². The molecule has 1 fully saturated rings. The Hall–Kier alpha value is -2.73. The Morgan fingerprint density at radius 1 is 1.12 bits per heavy atom. The molecule has 2 amide bonds. The van der Waals surface area contributed by atoms with E-state index < -0.39 is 0 Å². The van der Waals surface area contributed by atoms with Crippen molar-refractivity contribution in [1.29, 1.82) is 0 Å². The van der Waals surface area contributed by atoms with Crippen LogP contribution in [0.1, 0.15) is 5.56 Å². The van der Waals surface area contributed by atoms with Gasteiger partial charge in [-0.05, 0) is 30.3 Å². The zero-order valence-electron chi connectivity index (χ0n) is 14.3. The number of amides is 2. The SMILES string of the molecule is COCCOc1ccccc1CNc1ccc(N2CCNC2=O)cc1. The fraction of sp³-hybridized carbons (Fsp3) is 0.316. The summed E-state index contributed by atoms with van der Waals surface area (Å²) >= 11 is 0. The standard InChI is InChI=1S/C19H23N3O3/c1-24-12-13-25-18-5-3-2-4-15(18)14-21-16-6-8-17(9-7-16)22-11-10-20-19(22)23/h2-9,21H,10-14H2,1H3,(H,20,23). The van der Waals surface area contributed by atoms with Gasteiger partial charge in [0.15, 0.2) is 0 Å². The Labute approximate surface area is 147 Å². The highest BCUT2D eigenvalue weighted by molar-refractivity contribution is 5.94. The fourth-order valence-corrected chi connectivity index (χ4v) is 2.70. The number of methoxy groups -OCH3 is 1. The Bertz CT molecular complexity index is 703. The summed E-state index contributed by atoms with van der Waals surface area (Å²) in [5, 5.41) is 6.20. The lowest BCUT2D eigenvalue weighted by molar-refractivity contribution is 0.146. The van der Waals surface area contributed by atoms with E-state index in [0.29, 0.717) is 32.8 Å². The predicted octanol–water partition coefficient (Wildman–Crippen LogP) is 2.85. The molecule has 1 heterocycles. The fourth-order valence-electron chi connectivity index (χ4n) is 2.70. The van der Waals surface area contributed by atoms with Crippen molar-refractivity contribution in [3.8, 4) is 5.75 Å². The van der Waals surface area contributed by atoms with Crippen LogP contribution in [-0.4, -0.2) is 39.4 Å². The molecule has 6 nitrogen and oxygen atoms in total. The molecule has 25 heavy (non-hydrogen) atoms. The van der Waals surface area contributed by atoms with Gasteiger partial charge in [0.2, 0.25) is 0 Å². The minimum Gasteiger partial charge on any atom is -0.491 e. The van der Waals surface area contributed by atoms with E-state index >= 15 is 0 Å². The third-order valence-corrected chi connectivity index (χ3v) is 4.04. The molecule has 2 aromatic carbocycles. The summed E-state index contributed by atoms with van der Waals surface area (Å²) in [6, 6.07) is 15.8. The second-order valence-electron chi connectivity index (χ2n) is 5.73. The number of rotatable bonds is 8. The molecule has 0 atom stereocenters. The molecule has 0 spiro atoms. The van der Waals surface area contributed by atoms with E-state index in [9.17, 15) is 4.79 Å². The van der Waals surface area contributed by atoms with Crippen molar-refractivity contribution in [2.45, 2.75) is 6.54 Å². The van der Waals surface area contributed by atoms with Gasteiger partial charge in [0, 0.05) is 43.7 Å². The number of anilines is 2. The Morgan fingerprint density at radius 3 is 2.64 bits per heavy atom. The normalized spacial score (nSPS) is 13.6. The molecule has 1 aliphatic rings. The first-order chi connectivity index (χ1) is 12.3. The van der Waals surface area contributed by atoms with Crippen molar-refractivity contribution in [3.05, 3.63) is 54.1 Å². The Morgan fingerprint density at radius 2 is 1.92 bits per heavy atom. The van der Waals surface area contributed by atoms with Crippen molar-refractivity contribution in [2.24, 2.45) is 0 Å². The van der Waals surface area contributed by atoms with Crippen molar-refractivity contribution < 1.29 is 14.3 Å². The molecule has 0 saturated carbocycles. The van der Waals surface area contributed by atoms with E-state index in [1.54, 1.807) is 12.0 Å². The van der Waals surface area contributed by atoms with Crippen LogP contribution < -0.4 is 20.3 Å². The maximum atomic E-state index is 11.7. The van der Waals surface area contributed by atoms with Crippen LogP contribution in [0.25, 0.3) is 0 Å². The van der Waals surface area contributed by atoms with E-state index in [2.05, 4.69) is 10.6 Å². The van der Waals surface area contributed by atoms with Crippen LogP contribution in [0.15, 0.2) is 48.5 Å². The largest absolute Gasteiger partial charge is 0.491 e. The molecule has 1 saturated heterocycles. The van der Waals surface area contributed by atoms with Gasteiger partial charge >= 0.3 is 6.03 Å². The number of ether oxygens (including phenoxy) is 2. The van der Waals surface area contributed by atoms with Crippen LogP contribution >= 0.6 is 0 Å². The number of urea groups is 1. The molecule has 6 heteroatoms. The highest BCUT2D eigenvalue weighted by Crippen LogP contribution is 2.22. The quantitative estimate of drug-likeness (QED) is 0.725. The molecule has 0 radical (unpaired) electrons. The predicted molar refractivity (Wildman–Crippen MR) is 98.3 cm³/mol. The van der Waals surface area contributed by atoms with Crippen LogP contribution in [0.5, 0.6) is 5.75 Å². The van der Waals surface area contributed by atoms with Gasteiger partial charge in [-0.3, -0.25) is 4.90 Å². The number of carbonyl (C=O) groups is 1. The number of carbonyl (C=O) groups excluding carboxylic acids is 1. The van der Waals surface area contributed by atoms with Crippen LogP contribution in [0.4, 0.5) is 16.2 Å². The number of nitrogens with zero attached hydrogens (tertiary/aromatic N) is 1. The minimum absolute atomic E-state index is 0.0390. The van der Waals surface area contributed by atoms with Gasteiger partial charge in [-0.2, -0.15) is 0 Å². The monoisotopic (exact) mass is 341 g/mol. The van der Waals surface area contributed by atoms with Gasteiger partial charge in [0.25, 0.3) is 0 Å². The first-order valence-corrected chi connectivity index (χ1v) is 8.37. The van der Waals surface area contributed by atoms with Gasteiger partial charge in [0.1, 0.15) is 12.4 Å². The zero-order chi connectivity index (χ0) is 17.5. The molecule has 0 unspecified atom stereocenters. The number of hydrogen-bond acceptors (Lipinski definition) is 4.